The van der Waals surface area contributed by atoms with Gasteiger partial charge in [-0.05, 0) is 33.8 Å². The van der Waals surface area contributed by atoms with Gasteiger partial charge in [0, 0.05) is 4.88 Å². The molecular formula is C14H18N2O4S. The van der Waals surface area contributed by atoms with Crippen molar-refractivity contribution in [2.45, 2.75) is 39.8 Å². The van der Waals surface area contributed by atoms with E-state index in [0.717, 1.165) is 11.3 Å². The average molecular weight is 310 g/mol. The van der Waals surface area contributed by atoms with Crippen LogP contribution in [0.15, 0.2) is 6.07 Å². The standard InChI is InChI=1S/C14H18N2O4S/c1-5-19-12(17)10-6-9(21-11(10)7-15)8-16-13(18)20-14(2,3)4/h6H,5,8H2,1-4H3,(H,16,18). The van der Waals surface area contributed by atoms with Gasteiger partial charge in [-0.1, -0.05) is 0 Å². The lowest BCUT2D eigenvalue weighted by atomic mass is 10.2. The van der Waals surface area contributed by atoms with Crippen molar-refractivity contribution >= 4 is 23.4 Å². The van der Waals surface area contributed by atoms with Crippen molar-refractivity contribution in [1.82, 2.24) is 5.32 Å². The third kappa shape index (κ3) is 5.44. The number of carbonyl (C=O) groups is 2. The van der Waals surface area contributed by atoms with Gasteiger partial charge in [-0.3, -0.25) is 0 Å². The van der Waals surface area contributed by atoms with Gasteiger partial charge in [-0.15, -0.1) is 11.3 Å². The first kappa shape index (κ1) is 17.0. The highest BCUT2D eigenvalue weighted by atomic mass is 32.1. The zero-order chi connectivity index (χ0) is 16.0. The first-order valence-corrected chi connectivity index (χ1v) is 7.25. The van der Waals surface area contributed by atoms with Gasteiger partial charge < -0.3 is 14.8 Å². The van der Waals surface area contributed by atoms with Crippen LogP contribution in [-0.4, -0.2) is 24.3 Å². The molecule has 0 saturated heterocycles. The summed E-state index contributed by atoms with van der Waals surface area (Å²) in [6, 6.07) is 3.51. The van der Waals surface area contributed by atoms with E-state index >= 15 is 0 Å². The summed E-state index contributed by atoms with van der Waals surface area (Å²) in [5.41, 5.74) is -0.349. The first-order valence-electron chi connectivity index (χ1n) is 6.43. The van der Waals surface area contributed by atoms with Crippen LogP contribution in [0, 0.1) is 11.3 Å². The molecule has 21 heavy (non-hydrogen) atoms. The number of ether oxygens (including phenoxy) is 2. The number of nitrogens with one attached hydrogen (secondary N) is 1. The normalized spacial score (nSPS) is 10.6. The van der Waals surface area contributed by atoms with Crippen LogP contribution in [0.4, 0.5) is 4.79 Å². The van der Waals surface area contributed by atoms with Gasteiger partial charge in [0.1, 0.15) is 16.5 Å². The van der Waals surface area contributed by atoms with Crippen molar-refractivity contribution in [2.75, 3.05) is 6.61 Å². The van der Waals surface area contributed by atoms with Crippen LogP contribution in [-0.2, 0) is 16.0 Å². The minimum Gasteiger partial charge on any atom is -0.462 e. The molecule has 1 N–H and O–H groups in total. The van der Waals surface area contributed by atoms with Crippen LogP contribution < -0.4 is 5.32 Å². The molecule has 1 heterocycles. The lowest BCUT2D eigenvalue weighted by Crippen LogP contribution is -2.31. The van der Waals surface area contributed by atoms with Crippen molar-refractivity contribution in [3.05, 3.63) is 21.4 Å². The Morgan fingerprint density at radius 3 is 2.62 bits per heavy atom. The van der Waals surface area contributed by atoms with E-state index in [1.165, 1.54) is 0 Å². The molecule has 0 aliphatic carbocycles. The number of carbonyl (C=O) groups excluding carboxylic acids is 2. The second-order valence-electron chi connectivity index (χ2n) is 5.14. The molecule has 1 rings (SSSR count). The predicted molar refractivity (Wildman–Crippen MR) is 78.1 cm³/mol. The minimum absolute atomic E-state index is 0.188. The van der Waals surface area contributed by atoms with Gasteiger partial charge in [0.15, 0.2) is 0 Å². The molecular weight excluding hydrogens is 292 g/mol. The third-order valence-corrected chi connectivity index (χ3v) is 3.23. The van der Waals surface area contributed by atoms with Gasteiger partial charge in [0.2, 0.25) is 0 Å². The number of amides is 1. The maximum Gasteiger partial charge on any atom is 0.407 e. The minimum atomic E-state index is -0.576. The van der Waals surface area contributed by atoms with Crippen LogP contribution in [0.5, 0.6) is 0 Å². The molecule has 0 aliphatic heterocycles. The lowest BCUT2D eigenvalue weighted by Gasteiger charge is -2.19. The molecule has 0 atom stereocenters. The molecule has 0 saturated carbocycles. The fourth-order valence-corrected chi connectivity index (χ4v) is 2.33. The van der Waals surface area contributed by atoms with Gasteiger partial charge >= 0.3 is 12.1 Å². The summed E-state index contributed by atoms with van der Waals surface area (Å²) in [5, 5.41) is 11.6. The van der Waals surface area contributed by atoms with E-state index in [4.69, 9.17) is 14.7 Å². The molecule has 0 aliphatic rings. The Balaban J connectivity index is 2.71. The smallest absolute Gasteiger partial charge is 0.407 e. The Bertz CT molecular complexity index is 567. The van der Waals surface area contributed by atoms with Gasteiger partial charge in [-0.2, -0.15) is 5.26 Å². The number of alkyl carbamates (subject to hydrolysis) is 1. The highest BCUT2D eigenvalue weighted by Gasteiger charge is 2.19. The average Bonchev–Trinajstić information content (AvgIpc) is 2.78. The number of esters is 1. The quantitative estimate of drug-likeness (QED) is 0.864. The van der Waals surface area contributed by atoms with Crippen molar-refractivity contribution in [3.8, 4) is 6.07 Å². The van der Waals surface area contributed by atoms with Crippen molar-refractivity contribution < 1.29 is 19.1 Å². The molecule has 0 unspecified atom stereocenters. The highest BCUT2D eigenvalue weighted by Crippen LogP contribution is 2.22. The Morgan fingerprint density at radius 1 is 1.43 bits per heavy atom. The van der Waals surface area contributed by atoms with E-state index in [1.54, 1.807) is 33.8 Å². The SMILES string of the molecule is CCOC(=O)c1cc(CNC(=O)OC(C)(C)C)sc1C#N. The van der Waals surface area contributed by atoms with E-state index in [2.05, 4.69) is 5.32 Å². The number of rotatable bonds is 4. The summed E-state index contributed by atoms with van der Waals surface area (Å²) < 4.78 is 9.99. The van der Waals surface area contributed by atoms with Crippen molar-refractivity contribution in [2.24, 2.45) is 0 Å². The molecule has 0 radical (unpaired) electrons. The Kier molecular flexibility index (Phi) is 5.73. The first-order chi connectivity index (χ1) is 9.76. The monoisotopic (exact) mass is 310 g/mol. The molecule has 0 aromatic carbocycles. The van der Waals surface area contributed by atoms with Crippen LogP contribution in [0.3, 0.4) is 0 Å². The van der Waals surface area contributed by atoms with Gasteiger partial charge in [0.05, 0.1) is 18.7 Å². The lowest BCUT2D eigenvalue weighted by molar-refractivity contribution is 0.0517. The van der Waals surface area contributed by atoms with Crippen LogP contribution >= 0.6 is 11.3 Å². The van der Waals surface area contributed by atoms with Crippen LogP contribution in [0.2, 0.25) is 0 Å². The van der Waals surface area contributed by atoms with Gasteiger partial charge in [-0.25, -0.2) is 9.59 Å². The zero-order valence-electron chi connectivity index (χ0n) is 12.5. The summed E-state index contributed by atoms with van der Waals surface area (Å²) >= 11 is 1.14. The summed E-state index contributed by atoms with van der Waals surface area (Å²) in [7, 11) is 0. The maximum atomic E-state index is 11.7. The number of thiophene rings is 1. The fourth-order valence-electron chi connectivity index (χ4n) is 1.45. The summed E-state index contributed by atoms with van der Waals surface area (Å²) in [5.74, 6) is -0.534. The Morgan fingerprint density at radius 2 is 2.10 bits per heavy atom. The van der Waals surface area contributed by atoms with Crippen molar-refractivity contribution in [3.63, 3.8) is 0 Å². The van der Waals surface area contributed by atoms with E-state index in [-0.39, 0.29) is 23.6 Å². The largest absolute Gasteiger partial charge is 0.462 e. The van der Waals surface area contributed by atoms with Gasteiger partial charge in [0.25, 0.3) is 0 Å². The molecule has 1 amide bonds. The van der Waals surface area contributed by atoms with Crippen LogP contribution in [0.25, 0.3) is 0 Å². The number of nitriles is 1. The van der Waals surface area contributed by atoms with E-state index < -0.39 is 17.7 Å². The molecule has 7 heteroatoms. The molecule has 0 fully saturated rings. The summed E-state index contributed by atoms with van der Waals surface area (Å²) in [6.45, 7) is 7.43. The summed E-state index contributed by atoms with van der Waals surface area (Å²) in [6.07, 6.45) is -0.549. The number of hydrogen-bond donors (Lipinski definition) is 1. The summed E-state index contributed by atoms with van der Waals surface area (Å²) in [4.78, 5) is 24.2. The highest BCUT2D eigenvalue weighted by molar-refractivity contribution is 7.12. The Hall–Kier alpha value is -2.07. The predicted octanol–water partition coefficient (Wildman–Crippen LogP) is 2.82. The van der Waals surface area contributed by atoms with E-state index in [0.29, 0.717) is 4.88 Å². The molecule has 6 nitrogen and oxygen atoms in total. The third-order valence-electron chi connectivity index (χ3n) is 2.19. The van der Waals surface area contributed by atoms with Crippen LogP contribution in [0.1, 0.15) is 47.8 Å². The topological polar surface area (TPSA) is 88.4 Å². The number of hydrogen-bond acceptors (Lipinski definition) is 6. The molecule has 1 aromatic rings. The molecule has 0 bridgehead atoms. The Labute approximate surface area is 127 Å². The molecule has 0 spiro atoms. The molecule has 114 valence electrons. The molecule has 1 aromatic heterocycles. The van der Waals surface area contributed by atoms with E-state index in [1.807, 2.05) is 6.07 Å². The fraction of sp³-hybridized carbons (Fsp3) is 0.500. The number of nitrogens with zero attached hydrogens (tertiary/aromatic N) is 1. The second kappa shape index (κ2) is 7.09. The van der Waals surface area contributed by atoms with Crippen molar-refractivity contribution in [1.29, 1.82) is 5.26 Å². The van der Waals surface area contributed by atoms with E-state index in [9.17, 15) is 9.59 Å². The second-order valence-corrected chi connectivity index (χ2v) is 6.28. The zero-order valence-corrected chi connectivity index (χ0v) is 13.3. The maximum absolute atomic E-state index is 11.7.